The van der Waals surface area contributed by atoms with Gasteiger partial charge < -0.3 is 14.2 Å². The number of ketones is 1. The lowest BCUT2D eigenvalue weighted by atomic mass is 10.1. The second kappa shape index (κ2) is 7.02. The van der Waals surface area contributed by atoms with E-state index in [0.29, 0.717) is 30.9 Å². The first-order chi connectivity index (χ1) is 10.1. The average Bonchev–Trinajstić information content (AvgIpc) is 2.88. The highest BCUT2D eigenvalue weighted by Crippen LogP contribution is 2.22. The van der Waals surface area contributed by atoms with Crippen LogP contribution in [0.1, 0.15) is 15.9 Å². The van der Waals surface area contributed by atoms with Crippen molar-refractivity contribution in [2.24, 2.45) is 0 Å². The summed E-state index contributed by atoms with van der Waals surface area (Å²) in [7, 11) is 4.93. The van der Waals surface area contributed by atoms with Gasteiger partial charge in [-0.05, 0) is 24.6 Å². The summed E-state index contributed by atoms with van der Waals surface area (Å²) in [6.07, 6.45) is 0.0328. The Balaban J connectivity index is 2.05. The topological polar surface area (TPSA) is 48.0 Å². The maximum Gasteiger partial charge on any atom is 0.180 e. The number of benzene rings is 1. The van der Waals surface area contributed by atoms with Crippen molar-refractivity contribution in [1.82, 2.24) is 4.90 Å². The van der Waals surface area contributed by atoms with Crippen molar-refractivity contribution in [3.63, 3.8) is 0 Å². The van der Waals surface area contributed by atoms with Crippen LogP contribution in [0.5, 0.6) is 5.75 Å². The molecule has 2 rings (SSSR count). The van der Waals surface area contributed by atoms with Crippen LogP contribution in [0.25, 0.3) is 0 Å². The largest absolute Gasteiger partial charge is 0.496 e. The zero-order valence-electron chi connectivity index (χ0n) is 13.1. The van der Waals surface area contributed by atoms with Crippen LogP contribution in [0, 0.1) is 6.92 Å². The summed E-state index contributed by atoms with van der Waals surface area (Å²) in [6, 6.07) is 5.64. The lowest BCUT2D eigenvalue weighted by Crippen LogP contribution is -2.29. The molecule has 1 aliphatic heterocycles. The van der Waals surface area contributed by atoms with Gasteiger partial charge in [-0.25, -0.2) is 0 Å². The lowest BCUT2D eigenvalue weighted by Gasteiger charge is -2.15. The zero-order valence-corrected chi connectivity index (χ0v) is 13.1. The molecular formula is C16H23NO4. The third-order valence-electron chi connectivity index (χ3n) is 3.92. The van der Waals surface area contributed by atoms with Crippen molar-refractivity contribution in [2.75, 3.05) is 41.0 Å². The number of likely N-dealkylation sites (tertiary alicyclic amines) is 1. The first kappa shape index (κ1) is 15.9. The van der Waals surface area contributed by atoms with Gasteiger partial charge in [0, 0.05) is 27.3 Å². The van der Waals surface area contributed by atoms with Crippen LogP contribution in [0.2, 0.25) is 0 Å². The molecule has 2 unspecified atom stereocenters. The SMILES string of the molecule is COc1cc(C)ccc1C(=O)CN1CC(OC)C(OC)C1. The van der Waals surface area contributed by atoms with Gasteiger partial charge in [-0.3, -0.25) is 9.69 Å². The van der Waals surface area contributed by atoms with Gasteiger partial charge in [-0.1, -0.05) is 6.07 Å². The Kier molecular flexibility index (Phi) is 5.33. The Labute approximate surface area is 125 Å². The summed E-state index contributed by atoms with van der Waals surface area (Å²) in [6.45, 7) is 3.73. The van der Waals surface area contributed by atoms with Gasteiger partial charge in [0.1, 0.15) is 5.75 Å². The molecule has 1 aromatic carbocycles. The van der Waals surface area contributed by atoms with Gasteiger partial charge in [0.05, 0.1) is 31.4 Å². The predicted molar refractivity (Wildman–Crippen MR) is 80.1 cm³/mol. The van der Waals surface area contributed by atoms with Gasteiger partial charge in [0.15, 0.2) is 5.78 Å². The van der Waals surface area contributed by atoms with E-state index in [-0.39, 0.29) is 18.0 Å². The molecule has 0 spiro atoms. The molecule has 21 heavy (non-hydrogen) atoms. The third kappa shape index (κ3) is 3.61. The van der Waals surface area contributed by atoms with Crippen molar-refractivity contribution in [3.05, 3.63) is 29.3 Å². The Morgan fingerprint density at radius 1 is 1.19 bits per heavy atom. The number of carbonyl (C=O) groups is 1. The van der Waals surface area contributed by atoms with E-state index in [1.54, 1.807) is 21.3 Å². The fourth-order valence-electron chi connectivity index (χ4n) is 2.72. The molecule has 1 fully saturated rings. The van der Waals surface area contributed by atoms with E-state index in [9.17, 15) is 4.79 Å². The third-order valence-corrected chi connectivity index (χ3v) is 3.92. The van der Waals surface area contributed by atoms with Gasteiger partial charge in [0.2, 0.25) is 0 Å². The number of rotatable bonds is 6. The Bertz CT molecular complexity index is 491. The predicted octanol–water partition coefficient (Wildman–Crippen LogP) is 1.53. The van der Waals surface area contributed by atoms with E-state index in [1.165, 1.54) is 0 Å². The number of hydrogen-bond acceptors (Lipinski definition) is 5. The first-order valence-corrected chi connectivity index (χ1v) is 7.04. The Morgan fingerprint density at radius 2 is 1.81 bits per heavy atom. The van der Waals surface area contributed by atoms with E-state index in [1.807, 2.05) is 25.1 Å². The highest BCUT2D eigenvalue weighted by Gasteiger charge is 2.34. The normalized spacial score (nSPS) is 22.5. The van der Waals surface area contributed by atoms with E-state index >= 15 is 0 Å². The summed E-state index contributed by atoms with van der Waals surface area (Å²) in [5.41, 5.74) is 1.70. The lowest BCUT2D eigenvalue weighted by molar-refractivity contribution is -0.00461. The smallest absolute Gasteiger partial charge is 0.180 e. The van der Waals surface area contributed by atoms with Gasteiger partial charge in [-0.2, -0.15) is 0 Å². The molecule has 0 bridgehead atoms. The van der Waals surface area contributed by atoms with Gasteiger partial charge in [0.25, 0.3) is 0 Å². The minimum Gasteiger partial charge on any atom is -0.496 e. The molecule has 0 radical (unpaired) electrons. The molecule has 5 nitrogen and oxygen atoms in total. The van der Waals surface area contributed by atoms with Crippen LogP contribution in [-0.4, -0.2) is 63.9 Å². The molecule has 0 saturated carbocycles. The van der Waals surface area contributed by atoms with E-state index < -0.39 is 0 Å². The van der Waals surface area contributed by atoms with Crippen LogP contribution < -0.4 is 4.74 Å². The highest BCUT2D eigenvalue weighted by atomic mass is 16.5. The van der Waals surface area contributed by atoms with Crippen molar-refractivity contribution < 1.29 is 19.0 Å². The zero-order chi connectivity index (χ0) is 15.4. The maximum absolute atomic E-state index is 12.5. The van der Waals surface area contributed by atoms with E-state index in [4.69, 9.17) is 14.2 Å². The Hall–Kier alpha value is -1.43. The van der Waals surface area contributed by atoms with Crippen LogP contribution in [0.15, 0.2) is 18.2 Å². The molecule has 1 aromatic rings. The molecule has 0 N–H and O–H groups in total. The van der Waals surface area contributed by atoms with Gasteiger partial charge >= 0.3 is 0 Å². The fraction of sp³-hybridized carbons (Fsp3) is 0.562. The molecule has 0 aromatic heterocycles. The molecule has 1 aliphatic rings. The summed E-state index contributed by atoms with van der Waals surface area (Å²) >= 11 is 0. The molecular weight excluding hydrogens is 270 g/mol. The minimum atomic E-state index is 0.0164. The monoisotopic (exact) mass is 293 g/mol. The number of nitrogens with zero attached hydrogens (tertiary/aromatic N) is 1. The summed E-state index contributed by atoms with van der Waals surface area (Å²) in [4.78, 5) is 14.5. The maximum atomic E-state index is 12.5. The number of ether oxygens (including phenoxy) is 3. The van der Waals surface area contributed by atoms with E-state index in [0.717, 1.165) is 5.56 Å². The number of carbonyl (C=O) groups excluding carboxylic acids is 1. The number of Topliss-reactive ketones (excluding diaryl/α,β-unsaturated/α-hetero) is 1. The molecule has 2 atom stereocenters. The van der Waals surface area contributed by atoms with Crippen molar-refractivity contribution in [2.45, 2.75) is 19.1 Å². The quantitative estimate of drug-likeness (QED) is 0.745. The molecule has 116 valence electrons. The van der Waals surface area contributed by atoms with Crippen LogP contribution in [-0.2, 0) is 9.47 Å². The highest BCUT2D eigenvalue weighted by molar-refractivity contribution is 6.00. The van der Waals surface area contributed by atoms with Crippen LogP contribution in [0.4, 0.5) is 0 Å². The van der Waals surface area contributed by atoms with Crippen molar-refractivity contribution in [1.29, 1.82) is 0 Å². The summed E-state index contributed by atoms with van der Waals surface area (Å²) in [5, 5.41) is 0. The van der Waals surface area contributed by atoms with Crippen LogP contribution >= 0.6 is 0 Å². The number of methoxy groups -OCH3 is 3. The first-order valence-electron chi connectivity index (χ1n) is 7.04. The van der Waals surface area contributed by atoms with Crippen molar-refractivity contribution >= 4 is 5.78 Å². The fourth-order valence-corrected chi connectivity index (χ4v) is 2.72. The Morgan fingerprint density at radius 3 is 2.33 bits per heavy atom. The van der Waals surface area contributed by atoms with Crippen LogP contribution in [0.3, 0.4) is 0 Å². The van der Waals surface area contributed by atoms with Crippen molar-refractivity contribution in [3.8, 4) is 5.75 Å². The average molecular weight is 293 g/mol. The minimum absolute atomic E-state index is 0.0164. The second-order valence-corrected chi connectivity index (χ2v) is 5.37. The number of hydrogen-bond donors (Lipinski definition) is 0. The summed E-state index contributed by atoms with van der Waals surface area (Å²) < 4.78 is 16.1. The summed E-state index contributed by atoms with van der Waals surface area (Å²) in [5.74, 6) is 0.684. The number of aryl methyl sites for hydroxylation is 1. The molecule has 1 heterocycles. The second-order valence-electron chi connectivity index (χ2n) is 5.37. The van der Waals surface area contributed by atoms with E-state index in [2.05, 4.69) is 4.90 Å². The molecule has 5 heteroatoms. The molecule has 0 aliphatic carbocycles. The van der Waals surface area contributed by atoms with Gasteiger partial charge in [-0.15, -0.1) is 0 Å². The molecule has 0 amide bonds. The molecule has 1 saturated heterocycles. The standard InChI is InChI=1S/C16H23NO4/c1-11-5-6-12(14(7-11)19-2)13(18)8-17-9-15(20-3)16(10-17)21-4/h5-7,15-16H,8-10H2,1-4H3.